The van der Waals surface area contributed by atoms with Gasteiger partial charge in [-0.05, 0) is 51.8 Å². The molecule has 2 saturated heterocycles. The van der Waals surface area contributed by atoms with Crippen LogP contribution in [0.4, 0.5) is 0 Å². The number of rotatable bonds is 3. The molecule has 2 unspecified atom stereocenters. The van der Waals surface area contributed by atoms with Crippen molar-refractivity contribution in [1.29, 1.82) is 0 Å². The van der Waals surface area contributed by atoms with Crippen molar-refractivity contribution in [2.45, 2.75) is 51.6 Å². The minimum Gasteiger partial charge on any atom is -0.336 e. The third-order valence-corrected chi connectivity index (χ3v) is 5.58. The van der Waals surface area contributed by atoms with Crippen molar-refractivity contribution in [3.05, 3.63) is 23.5 Å². The predicted octanol–water partition coefficient (Wildman–Crippen LogP) is 2.62. The summed E-state index contributed by atoms with van der Waals surface area (Å²) in [6.07, 6.45) is 6.26. The highest BCUT2D eigenvalue weighted by molar-refractivity contribution is 5.97. The number of aromatic nitrogens is 2. The van der Waals surface area contributed by atoms with E-state index < -0.39 is 0 Å². The zero-order valence-corrected chi connectivity index (χ0v) is 14.4. The second-order valence-corrected chi connectivity index (χ2v) is 6.89. The lowest BCUT2D eigenvalue weighted by Gasteiger charge is -2.34. The number of fused-ring (bicyclic) bond motifs is 1. The number of likely N-dealkylation sites (N-methyl/N-ethyl adjacent to an activating group) is 1. The van der Waals surface area contributed by atoms with E-state index >= 15 is 0 Å². The predicted molar refractivity (Wildman–Crippen MR) is 90.9 cm³/mol. The Hall–Kier alpha value is -1.95. The van der Waals surface area contributed by atoms with Crippen LogP contribution in [0.15, 0.2) is 16.8 Å². The van der Waals surface area contributed by atoms with Gasteiger partial charge >= 0.3 is 0 Å². The maximum absolute atomic E-state index is 13.1. The maximum Gasteiger partial charge on any atom is 0.257 e. The van der Waals surface area contributed by atoms with Gasteiger partial charge in [0, 0.05) is 24.8 Å². The summed E-state index contributed by atoms with van der Waals surface area (Å²) in [5.74, 6) is 0.0930. The van der Waals surface area contributed by atoms with Crippen LogP contribution in [0.1, 0.15) is 48.7 Å². The molecule has 128 valence electrons. The van der Waals surface area contributed by atoms with Gasteiger partial charge in [0.25, 0.3) is 11.6 Å². The molecule has 4 rings (SSSR count). The first kappa shape index (κ1) is 15.6. The van der Waals surface area contributed by atoms with Crippen molar-refractivity contribution in [1.82, 2.24) is 19.9 Å². The summed E-state index contributed by atoms with van der Waals surface area (Å²) in [6.45, 7) is 7.16. The summed E-state index contributed by atoms with van der Waals surface area (Å²) in [6, 6.07) is 2.72. The van der Waals surface area contributed by atoms with Crippen LogP contribution in [0.3, 0.4) is 0 Å². The van der Waals surface area contributed by atoms with E-state index in [0.717, 1.165) is 43.6 Å². The lowest BCUT2D eigenvalue weighted by atomic mass is 10.0. The first-order chi connectivity index (χ1) is 11.7. The summed E-state index contributed by atoms with van der Waals surface area (Å²) in [5.41, 5.74) is 1.91. The van der Waals surface area contributed by atoms with Gasteiger partial charge in [0.15, 0.2) is 0 Å². The number of aryl methyl sites for hydroxylation is 1. The summed E-state index contributed by atoms with van der Waals surface area (Å²) in [7, 11) is 0. The zero-order valence-electron chi connectivity index (χ0n) is 14.4. The number of carbonyl (C=O) groups excluding carboxylic acids is 1. The number of likely N-dealkylation sites (tertiary alicyclic amines) is 2. The van der Waals surface area contributed by atoms with Gasteiger partial charge in [-0.1, -0.05) is 12.1 Å². The van der Waals surface area contributed by atoms with Gasteiger partial charge < -0.3 is 9.42 Å². The van der Waals surface area contributed by atoms with Gasteiger partial charge in [-0.25, -0.2) is 4.98 Å². The van der Waals surface area contributed by atoms with Crippen LogP contribution < -0.4 is 0 Å². The van der Waals surface area contributed by atoms with E-state index in [0.29, 0.717) is 23.4 Å². The van der Waals surface area contributed by atoms with Crippen molar-refractivity contribution in [2.75, 3.05) is 19.6 Å². The molecule has 2 aliphatic rings. The average molecular weight is 328 g/mol. The maximum atomic E-state index is 13.1. The summed E-state index contributed by atoms with van der Waals surface area (Å²) in [5, 5.41) is 4.75. The fourth-order valence-corrected chi connectivity index (χ4v) is 4.35. The molecule has 0 bridgehead atoms. The Balaban J connectivity index is 1.61. The van der Waals surface area contributed by atoms with Crippen LogP contribution in [-0.4, -0.2) is 57.6 Å². The van der Waals surface area contributed by atoms with E-state index in [9.17, 15) is 4.79 Å². The van der Waals surface area contributed by atoms with E-state index in [1.54, 1.807) is 6.20 Å². The molecule has 0 aromatic carbocycles. The fraction of sp³-hybridized carbons (Fsp3) is 0.611. The average Bonchev–Trinajstić information content (AvgIpc) is 3.33. The minimum atomic E-state index is 0.0930. The lowest BCUT2D eigenvalue weighted by Crippen LogP contribution is -2.48. The minimum absolute atomic E-state index is 0.0930. The van der Waals surface area contributed by atoms with Crippen LogP contribution in [0.2, 0.25) is 0 Å². The van der Waals surface area contributed by atoms with Gasteiger partial charge in [-0.2, -0.15) is 0 Å². The number of nitrogens with zero attached hydrogens (tertiary/aromatic N) is 4. The van der Waals surface area contributed by atoms with Gasteiger partial charge in [0.2, 0.25) is 0 Å². The molecule has 0 saturated carbocycles. The molecular formula is C18H24N4O2. The molecule has 4 heterocycles. The molecule has 2 fully saturated rings. The van der Waals surface area contributed by atoms with E-state index in [2.05, 4.69) is 26.9 Å². The Morgan fingerprint density at radius 3 is 2.92 bits per heavy atom. The third kappa shape index (κ3) is 2.49. The number of hydrogen-bond donors (Lipinski definition) is 0. The second kappa shape index (κ2) is 6.16. The van der Waals surface area contributed by atoms with Gasteiger partial charge in [-0.15, -0.1) is 0 Å². The van der Waals surface area contributed by atoms with Crippen LogP contribution in [0, 0.1) is 6.92 Å². The molecule has 2 aromatic heterocycles. The number of amides is 1. The fourth-order valence-electron chi connectivity index (χ4n) is 4.35. The molecule has 2 atom stereocenters. The Labute approximate surface area is 141 Å². The Kier molecular flexibility index (Phi) is 4.00. The molecule has 6 heteroatoms. The Morgan fingerprint density at radius 1 is 1.29 bits per heavy atom. The summed E-state index contributed by atoms with van der Waals surface area (Å²) >= 11 is 0. The SMILES string of the molecule is CCN1CCCC1C1CCCN1C(=O)c1cnc2onc(C)c2c1. The molecule has 0 N–H and O–H groups in total. The largest absolute Gasteiger partial charge is 0.336 e. The van der Waals surface area contributed by atoms with Crippen LogP contribution in [0.25, 0.3) is 11.1 Å². The van der Waals surface area contributed by atoms with Crippen molar-refractivity contribution in [3.63, 3.8) is 0 Å². The van der Waals surface area contributed by atoms with Gasteiger partial charge in [0.05, 0.1) is 16.6 Å². The summed E-state index contributed by atoms with van der Waals surface area (Å²) < 4.78 is 5.15. The third-order valence-electron chi connectivity index (χ3n) is 5.58. The molecule has 2 aliphatic heterocycles. The van der Waals surface area contributed by atoms with E-state index in [-0.39, 0.29) is 5.91 Å². The molecule has 0 aliphatic carbocycles. The Morgan fingerprint density at radius 2 is 2.08 bits per heavy atom. The van der Waals surface area contributed by atoms with Gasteiger partial charge in [-0.3, -0.25) is 9.69 Å². The summed E-state index contributed by atoms with van der Waals surface area (Å²) in [4.78, 5) is 22.0. The molecule has 1 amide bonds. The highest BCUT2D eigenvalue weighted by Crippen LogP contribution is 2.31. The molecule has 6 nitrogen and oxygen atoms in total. The highest BCUT2D eigenvalue weighted by atomic mass is 16.5. The highest BCUT2D eigenvalue weighted by Gasteiger charge is 2.39. The first-order valence-electron chi connectivity index (χ1n) is 8.96. The van der Waals surface area contributed by atoms with Crippen molar-refractivity contribution >= 4 is 17.0 Å². The topological polar surface area (TPSA) is 62.5 Å². The molecular weight excluding hydrogens is 304 g/mol. The quantitative estimate of drug-likeness (QED) is 0.867. The van der Waals surface area contributed by atoms with Crippen molar-refractivity contribution in [3.8, 4) is 0 Å². The first-order valence-corrected chi connectivity index (χ1v) is 8.96. The molecule has 0 spiro atoms. The van der Waals surface area contributed by atoms with Crippen LogP contribution in [-0.2, 0) is 0 Å². The number of pyridine rings is 1. The number of hydrogen-bond acceptors (Lipinski definition) is 5. The van der Waals surface area contributed by atoms with E-state index in [4.69, 9.17) is 4.52 Å². The van der Waals surface area contributed by atoms with Crippen LogP contribution in [0.5, 0.6) is 0 Å². The van der Waals surface area contributed by atoms with Gasteiger partial charge in [0.1, 0.15) is 0 Å². The second-order valence-electron chi connectivity index (χ2n) is 6.89. The van der Waals surface area contributed by atoms with Crippen molar-refractivity contribution in [2.24, 2.45) is 0 Å². The normalized spacial score (nSPS) is 25.0. The molecule has 24 heavy (non-hydrogen) atoms. The number of carbonyl (C=O) groups is 1. The molecule has 2 aromatic rings. The van der Waals surface area contributed by atoms with E-state index in [1.165, 1.54) is 12.8 Å². The Bertz CT molecular complexity index is 757. The zero-order chi connectivity index (χ0) is 16.7. The van der Waals surface area contributed by atoms with Crippen LogP contribution >= 0.6 is 0 Å². The smallest absolute Gasteiger partial charge is 0.257 e. The lowest BCUT2D eigenvalue weighted by molar-refractivity contribution is 0.0649. The molecule has 0 radical (unpaired) electrons. The van der Waals surface area contributed by atoms with E-state index in [1.807, 2.05) is 13.0 Å². The standard InChI is InChI=1S/C18H24N4O2/c1-3-21-8-4-6-15(21)16-7-5-9-22(16)18(23)13-10-14-12(2)20-24-17(14)19-11-13/h10-11,15-16H,3-9H2,1-2H3. The monoisotopic (exact) mass is 328 g/mol. The van der Waals surface area contributed by atoms with Crippen molar-refractivity contribution < 1.29 is 9.32 Å².